The molecular weight excluding hydrogens is 228 g/mol. The van der Waals surface area contributed by atoms with Gasteiger partial charge in [-0.25, -0.2) is 0 Å². The van der Waals surface area contributed by atoms with Crippen LogP contribution in [0.5, 0.6) is 0 Å². The van der Waals surface area contributed by atoms with Crippen molar-refractivity contribution in [2.45, 2.75) is 25.3 Å². The first-order valence-corrected chi connectivity index (χ1v) is 7.15. The van der Waals surface area contributed by atoms with Crippen molar-refractivity contribution >= 4 is 22.7 Å². The number of hydrogen-bond acceptors (Lipinski definition) is 3. The van der Waals surface area contributed by atoms with Crippen molar-refractivity contribution in [3.63, 3.8) is 0 Å². The number of pyridine rings is 1. The molecule has 0 unspecified atom stereocenters. The fourth-order valence-corrected chi connectivity index (χ4v) is 2.28. The topological polar surface area (TPSA) is 24.9 Å². The molecule has 0 saturated heterocycles. The van der Waals surface area contributed by atoms with E-state index in [0.717, 1.165) is 17.8 Å². The molecule has 1 N–H and O–H groups in total. The average molecular weight is 248 g/mol. The van der Waals surface area contributed by atoms with Gasteiger partial charge in [0, 0.05) is 16.8 Å². The van der Waals surface area contributed by atoms with Gasteiger partial charge in [0.2, 0.25) is 0 Å². The van der Waals surface area contributed by atoms with Gasteiger partial charge in [0.15, 0.2) is 0 Å². The molecule has 1 aromatic heterocycles. The smallest absolute Gasteiger partial charge is 0.0717 e. The molecule has 2 aromatic rings. The van der Waals surface area contributed by atoms with E-state index in [4.69, 9.17) is 0 Å². The Morgan fingerprint density at radius 3 is 2.59 bits per heavy atom. The molecule has 1 heterocycles. The lowest BCUT2D eigenvalue weighted by atomic mass is 10.2. The van der Waals surface area contributed by atoms with Crippen LogP contribution in [0.1, 0.15) is 19.5 Å². The van der Waals surface area contributed by atoms with Crippen LogP contribution in [0.3, 0.4) is 0 Å². The first-order valence-electron chi connectivity index (χ1n) is 5.92. The van der Waals surface area contributed by atoms with Crippen molar-refractivity contribution in [2.24, 2.45) is 0 Å². The Morgan fingerprint density at radius 2 is 1.94 bits per heavy atom. The highest BCUT2D eigenvalue weighted by atomic mass is 32.2. The third-order valence-corrected chi connectivity index (χ3v) is 3.09. The molecule has 2 rings (SSSR count). The van der Waals surface area contributed by atoms with Crippen LogP contribution in [0.4, 0.5) is 0 Å². The van der Waals surface area contributed by atoms with Gasteiger partial charge < -0.3 is 5.32 Å². The Labute approximate surface area is 108 Å². The third kappa shape index (κ3) is 3.45. The van der Waals surface area contributed by atoms with Crippen molar-refractivity contribution < 1.29 is 0 Å². The lowest BCUT2D eigenvalue weighted by Crippen LogP contribution is -2.07. The fraction of sp³-hybridized carbons (Fsp3) is 0.357. The maximum Gasteiger partial charge on any atom is 0.0717 e. The van der Waals surface area contributed by atoms with Crippen LogP contribution in [0, 0.1) is 0 Å². The second kappa shape index (κ2) is 7.30. The Balaban J connectivity index is 0.000000686. The number of nitrogens with one attached hydrogen (secondary N) is 1. The largest absolute Gasteiger partial charge is 0.314 e. The maximum atomic E-state index is 4.60. The minimum Gasteiger partial charge on any atom is -0.314 e. The summed E-state index contributed by atoms with van der Waals surface area (Å²) in [5.41, 5.74) is 2.18. The molecule has 0 bridgehead atoms. The third-order valence-electron chi connectivity index (χ3n) is 2.31. The molecule has 0 aliphatic carbocycles. The predicted octanol–water partition coefficient (Wildman–Crippen LogP) is 3.70. The first-order chi connectivity index (χ1) is 8.35. The number of fused-ring (bicyclic) bond motifs is 1. The molecule has 0 fully saturated rings. The molecule has 0 aliphatic heterocycles. The number of hydrogen-bond donors (Lipinski definition) is 1. The van der Waals surface area contributed by atoms with Gasteiger partial charge in [0.05, 0.1) is 11.2 Å². The molecule has 0 amide bonds. The number of para-hydroxylation sites is 1. The van der Waals surface area contributed by atoms with Crippen LogP contribution in [0.15, 0.2) is 35.2 Å². The van der Waals surface area contributed by atoms with Gasteiger partial charge in [-0.2, -0.15) is 0 Å². The summed E-state index contributed by atoms with van der Waals surface area (Å²) in [7, 11) is 1.94. The predicted molar refractivity (Wildman–Crippen MR) is 77.6 cm³/mol. The number of benzene rings is 1. The van der Waals surface area contributed by atoms with Crippen LogP contribution < -0.4 is 5.32 Å². The second-order valence-corrected chi connectivity index (χ2v) is 4.21. The van der Waals surface area contributed by atoms with E-state index in [1.165, 1.54) is 10.3 Å². The minimum atomic E-state index is 0.818. The number of rotatable bonds is 3. The summed E-state index contributed by atoms with van der Waals surface area (Å²) < 4.78 is 0. The Kier molecular flexibility index (Phi) is 6.01. The Morgan fingerprint density at radius 1 is 1.24 bits per heavy atom. The summed E-state index contributed by atoms with van der Waals surface area (Å²) in [6, 6.07) is 10.4. The lowest BCUT2D eigenvalue weighted by Gasteiger charge is -2.06. The van der Waals surface area contributed by atoms with Crippen molar-refractivity contribution in [1.82, 2.24) is 10.3 Å². The van der Waals surface area contributed by atoms with Crippen molar-refractivity contribution in [3.05, 3.63) is 36.0 Å². The van der Waals surface area contributed by atoms with Gasteiger partial charge in [-0.15, -0.1) is 11.8 Å². The molecule has 0 aliphatic rings. The summed E-state index contributed by atoms with van der Waals surface area (Å²) in [4.78, 5) is 5.89. The van der Waals surface area contributed by atoms with E-state index < -0.39 is 0 Å². The van der Waals surface area contributed by atoms with E-state index in [9.17, 15) is 0 Å². The van der Waals surface area contributed by atoms with E-state index in [1.54, 1.807) is 11.8 Å². The van der Waals surface area contributed by atoms with Gasteiger partial charge >= 0.3 is 0 Å². The molecular formula is C14H20N2S. The highest BCUT2D eigenvalue weighted by molar-refractivity contribution is 7.98. The van der Waals surface area contributed by atoms with E-state index in [1.807, 2.05) is 27.0 Å². The SMILES string of the molecule is CC.CNCc1cc(SC)c2ccccc2n1. The molecule has 0 atom stereocenters. The van der Waals surface area contributed by atoms with E-state index in [-0.39, 0.29) is 0 Å². The van der Waals surface area contributed by atoms with Gasteiger partial charge in [0.1, 0.15) is 0 Å². The normalized spacial score (nSPS) is 9.88. The average Bonchev–Trinajstić information content (AvgIpc) is 2.40. The number of thioether (sulfide) groups is 1. The molecule has 0 radical (unpaired) electrons. The summed E-state index contributed by atoms with van der Waals surface area (Å²) in [6.45, 7) is 4.82. The zero-order valence-corrected chi connectivity index (χ0v) is 11.8. The minimum absolute atomic E-state index is 0.818. The van der Waals surface area contributed by atoms with Crippen LogP contribution in [0.2, 0.25) is 0 Å². The maximum absolute atomic E-state index is 4.60. The zero-order chi connectivity index (χ0) is 12.7. The van der Waals surface area contributed by atoms with Gasteiger partial charge in [-0.1, -0.05) is 32.0 Å². The lowest BCUT2D eigenvalue weighted by molar-refractivity contribution is 0.793. The number of nitrogens with zero attached hydrogens (tertiary/aromatic N) is 1. The van der Waals surface area contributed by atoms with Crippen LogP contribution >= 0.6 is 11.8 Å². The van der Waals surface area contributed by atoms with Crippen molar-refractivity contribution in [1.29, 1.82) is 0 Å². The summed E-state index contributed by atoms with van der Waals surface area (Å²) >= 11 is 1.77. The van der Waals surface area contributed by atoms with Gasteiger partial charge in [-0.3, -0.25) is 4.98 Å². The molecule has 3 heteroatoms. The Bertz CT molecular complexity index is 469. The monoisotopic (exact) mass is 248 g/mol. The quantitative estimate of drug-likeness (QED) is 0.838. The first kappa shape index (κ1) is 14.0. The number of aromatic nitrogens is 1. The van der Waals surface area contributed by atoms with Crippen molar-refractivity contribution in [2.75, 3.05) is 13.3 Å². The van der Waals surface area contributed by atoms with Gasteiger partial charge in [0.25, 0.3) is 0 Å². The molecule has 0 spiro atoms. The van der Waals surface area contributed by atoms with Crippen LogP contribution in [-0.4, -0.2) is 18.3 Å². The summed E-state index contributed by atoms with van der Waals surface area (Å²) in [6.07, 6.45) is 2.10. The van der Waals surface area contributed by atoms with Crippen molar-refractivity contribution in [3.8, 4) is 0 Å². The highest BCUT2D eigenvalue weighted by Crippen LogP contribution is 2.25. The fourth-order valence-electron chi connectivity index (χ4n) is 1.64. The van der Waals surface area contributed by atoms with Gasteiger partial charge in [-0.05, 0) is 25.4 Å². The highest BCUT2D eigenvalue weighted by Gasteiger charge is 2.03. The van der Waals surface area contributed by atoms with E-state index in [0.29, 0.717) is 0 Å². The molecule has 0 saturated carbocycles. The van der Waals surface area contributed by atoms with Crippen LogP contribution in [-0.2, 0) is 6.54 Å². The molecule has 17 heavy (non-hydrogen) atoms. The zero-order valence-electron chi connectivity index (χ0n) is 10.9. The summed E-state index contributed by atoms with van der Waals surface area (Å²) in [5.74, 6) is 0. The van der Waals surface area contributed by atoms with E-state index >= 15 is 0 Å². The van der Waals surface area contributed by atoms with E-state index in [2.05, 4.69) is 40.8 Å². The summed E-state index contributed by atoms with van der Waals surface area (Å²) in [5, 5.41) is 4.37. The standard InChI is InChI=1S/C12H14N2S.C2H6/c1-13-8-9-7-12(15-2)10-5-3-4-6-11(10)14-9;1-2/h3-7,13H,8H2,1-2H3;1-2H3. The molecule has 1 aromatic carbocycles. The molecule has 92 valence electrons. The van der Waals surface area contributed by atoms with Crippen LogP contribution in [0.25, 0.3) is 10.9 Å². The Hall–Kier alpha value is -1.06. The second-order valence-electron chi connectivity index (χ2n) is 3.36. The molecule has 2 nitrogen and oxygen atoms in total.